The maximum atomic E-state index is 10.9. The summed E-state index contributed by atoms with van der Waals surface area (Å²) in [6.45, 7) is 0.487. The predicted octanol–water partition coefficient (Wildman–Crippen LogP) is 2.14. The normalized spacial score (nSPS) is 11.4. The van der Waals surface area contributed by atoms with Crippen LogP contribution in [0.4, 0.5) is 0 Å². The van der Waals surface area contributed by atoms with Crippen molar-refractivity contribution >= 4 is 0 Å². The van der Waals surface area contributed by atoms with Crippen LogP contribution in [0, 0.1) is 0 Å². The molecule has 2 aromatic rings. The van der Waals surface area contributed by atoms with Crippen molar-refractivity contribution in [1.29, 1.82) is 0 Å². The average Bonchev–Trinajstić information content (AvgIpc) is 2.41. The van der Waals surface area contributed by atoms with E-state index in [0.29, 0.717) is 6.54 Å². The van der Waals surface area contributed by atoms with E-state index in [1.807, 2.05) is 67.7 Å². The third-order valence-electron chi connectivity index (χ3n) is 2.94. The highest BCUT2D eigenvalue weighted by Crippen LogP contribution is 2.28. The van der Waals surface area contributed by atoms with Crippen LogP contribution in [0.3, 0.4) is 0 Å². The molecule has 0 saturated heterocycles. The van der Waals surface area contributed by atoms with E-state index in [9.17, 15) is 5.11 Å². The Balaban J connectivity index is 2.47. The number of likely N-dealkylation sites (N-methyl/N-ethyl adjacent to an activating group) is 1. The van der Waals surface area contributed by atoms with Gasteiger partial charge < -0.3 is 10.4 Å². The van der Waals surface area contributed by atoms with Gasteiger partial charge in [-0.1, -0.05) is 60.7 Å². The standard InChI is InChI=1S/C15H17NO/c1-16-12-15(17,13-8-4-2-5-9-13)14-10-6-3-7-11-14/h2-11,16-17H,12H2,1H3. The summed E-state index contributed by atoms with van der Waals surface area (Å²) in [5, 5.41) is 13.9. The zero-order valence-electron chi connectivity index (χ0n) is 9.93. The van der Waals surface area contributed by atoms with Gasteiger partial charge in [0.1, 0.15) is 5.60 Å². The number of hydrogen-bond acceptors (Lipinski definition) is 2. The van der Waals surface area contributed by atoms with Crippen molar-refractivity contribution in [2.45, 2.75) is 5.60 Å². The summed E-state index contributed by atoms with van der Waals surface area (Å²) in [4.78, 5) is 0. The molecule has 0 aliphatic heterocycles. The van der Waals surface area contributed by atoms with E-state index in [2.05, 4.69) is 5.32 Å². The van der Waals surface area contributed by atoms with Crippen LogP contribution in [0.15, 0.2) is 60.7 Å². The molecule has 2 heteroatoms. The second-order valence-electron chi connectivity index (χ2n) is 4.12. The van der Waals surface area contributed by atoms with Gasteiger partial charge in [0.25, 0.3) is 0 Å². The van der Waals surface area contributed by atoms with Gasteiger partial charge in [0, 0.05) is 6.54 Å². The molecule has 2 aromatic carbocycles. The van der Waals surface area contributed by atoms with Gasteiger partial charge in [-0.05, 0) is 18.2 Å². The summed E-state index contributed by atoms with van der Waals surface area (Å²) in [6, 6.07) is 19.5. The molecule has 0 atom stereocenters. The van der Waals surface area contributed by atoms with E-state index >= 15 is 0 Å². The van der Waals surface area contributed by atoms with Crippen LogP contribution in [-0.4, -0.2) is 18.7 Å². The summed E-state index contributed by atoms with van der Waals surface area (Å²) >= 11 is 0. The minimum Gasteiger partial charge on any atom is -0.379 e. The van der Waals surface area contributed by atoms with Gasteiger partial charge in [0.05, 0.1) is 0 Å². The summed E-state index contributed by atoms with van der Waals surface area (Å²) < 4.78 is 0. The lowest BCUT2D eigenvalue weighted by atomic mass is 9.86. The van der Waals surface area contributed by atoms with E-state index in [-0.39, 0.29) is 0 Å². The highest BCUT2D eigenvalue weighted by molar-refractivity contribution is 5.36. The summed E-state index contributed by atoms with van der Waals surface area (Å²) in [5.74, 6) is 0. The maximum absolute atomic E-state index is 10.9. The molecule has 2 N–H and O–H groups in total. The van der Waals surface area contributed by atoms with Crippen molar-refractivity contribution in [1.82, 2.24) is 5.32 Å². The van der Waals surface area contributed by atoms with Crippen molar-refractivity contribution in [3.63, 3.8) is 0 Å². The Morgan fingerprint density at radius 3 is 1.65 bits per heavy atom. The Morgan fingerprint density at radius 2 is 1.29 bits per heavy atom. The molecule has 2 rings (SSSR count). The lowest BCUT2D eigenvalue weighted by molar-refractivity contribution is 0.0823. The van der Waals surface area contributed by atoms with Gasteiger partial charge >= 0.3 is 0 Å². The van der Waals surface area contributed by atoms with Gasteiger partial charge in [-0.15, -0.1) is 0 Å². The van der Waals surface area contributed by atoms with Crippen LogP contribution in [-0.2, 0) is 5.60 Å². The average molecular weight is 227 g/mol. The molecular weight excluding hydrogens is 210 g/mol. The quantitative estimate of drug-likeness (QED) is 0.838. The smallest absolute Gasteiger partial charge is 0.127 e. The van der Waals surface area contributed by atoms with E-state index in [0.717, 1.165) is 11.1 Å². The molecule has 0 radical (unpaired) electrons. The molecule has 0 fully saturated rings. The molecule has 0 amide bonds. The zero-order valence-corrected chi connectivity index (χ0v) is 9.93. The third-order valence-corrected chi connectivity index (χ3v) is 2.94. The largest absolute Gasteiger partial charge is 0.379 e. The van der Waals surface area contributed by atoms with Crippen LogP contribution in [0.25, 0.3) is 0 Å². The van der Waals surface area contributed by atoms with Crippen molar-refractivity contribution in [3.8, 4) is 0 Å². The van der Waals surface area contributed by atoms with Crippen molar-refractivity contribution in [2.24, 2.45) is 0 Å². The molecule has 0 unspecified atom stereocenters. The summed E-state index contributed by atoms with van der Waals surface area (Å²) in [5.41, 5.74) is 0.832. The van der Waals surface area contributed by atoms with E-state index in [1.165, 1.54) is 0 Å². The van der Waals surface area contributed by atoms with Gasteiger partial charge in [-0.25, -0.2) is 0 Å². The maximum Gasteiger partial charge on any atom is 0.127 e. The molecule has 0 bridgehead atoms. The summed E-state index contributed by atoms with van der Waals surface area (Å²) in [6.07, 6.45) is 0. The van der Waals surface area contributed by atoms with E-state index in [1.54, 1.807) is 0 Å². The zero-order chi connectivity index (χ0) is 12.1. The first-order chi connectivity index (χ1) is 8.27. The monoisotopic (exact) mass is 227 g/mol. The Labute approximate surface area is 102 Å². The predicted molar refractivity (Wildman–Crippen MR) is 69.8 cm³/mol. The fourth-order valence-corrected chi connectivity index (χ4v) is 2.05. The lowest BCUT2D eigenvalue weighted by Gasteiger charge is -2.29. The number of rotatable bonds is 4. The van der Waals surface area contributed by atoms with Crippen LogP contribution in [0.1, 0.15) is 11.1 Å². The van der Waals surface area contributed by atoms with Gasteiger partial charge in [0.15, 0.2) is 0 Å². The van der Waals surface area contributed by atoms with Crippen LogP contribution in [0.5, 0.6) is 0 Å². The Kier molecular flexibility index (Phi) is 3.57. The van der Waals surface area contributed by atoms with Crippen molar-refractivity contribution in [3.05, 3.63) is 71.8 Å². The first-order valence-electron chi connectivity index (χ1n) is 5.75. The van der Waals surface area contributed by atoms with Crippen LogP contribution >= 0.6 is 0 Å². The third kappa shape index (κ3) is 2.38. The van der Waals surface area contributed by atoms with Gasteiger partial charge in [-0.3, -0.25) is 0 Å². The molecular formula is C15H17NO. The SMILES string of the molecule is CNCC(O)(c1ccccc1)c1ccccc1. The molecule has 0 saturated carbocycles. The molecule has 88 valence electrons. The molecule has 0 spiro atoms. The van der Waals surface area contributed by atoms with Crippen LogP contribution in [0.2, 0.25) is 0 Å². The fraction of sp³-hybridized carbons (Fsp3) is 0.200. The first-order valence-corrected chi connectivity index (χ1v) is 5.75. The fourth-order valence-electron chi connectivity index (χ4n) is 2.05. The minimum atomic E-state index is -0.975. The van der Waals surface area contributed by atoms with E-state index in [4.69, 9.17) is 0 Å². The summed E-state index contributed by atoms with van der Waals surface area (Å²) in [7, 11) is 1.84. The molecule has 0 aliphatic carbocycles. The topological polar surface area (TPSA) is 32.3 Å². The number of aliphatic hydroxyl groups is 1. The van der Waals surface area contributed by atoms with Crippen molar-refractivity contribution in [2.75, 3.05) is 13.6 Å². The lowest BCUT2D eigenvalue weighted by Crippen LogP contribution is -2.37. The van der Waals surface area contributed by atoms with Gasteiger partial charge in [-0.2, -0.15) is 0 Å². The molecule has 17 heavy (non-hydrogen) atoms. The minimum absolute atomic E-state index is 0.487. The number of nitrogens with one attached hydrogen (secondary N) is 1. The molecule has 0 aromatic heterocycles. The van der Waals surface area contributed by atoms with Gasteiger partial charge in [0.2, 0.25) is 0 Å². The van der Waals surface area contributed by atoms with Crippen LogP contribution < -0.4 is 5.32 Å². The first kappa shape index (κ1) is 11.8. The van der Waals surface area contributed by atoms with Crippen molar-refractivity contribution < 1.29 is 5.11 Å². The highest BCUT2D eigenvalue weighted by atomic mass is 16.3. The molecule has 0 aliphatic rings. The Hall–Kier alpha value is -1.64. The number of hydrogen-bond donors (Lipinski definition) is 2. The Bertz CT molecular complexity index is 413. The highest BCUT2D eigenvalue weighted by Gasteiger charge is 2.30. The Morgan fingerprint density at radius 1 is 0.882 bits per heavy atom. The van der Waals surface area contributed by atoms with E-state index < -0.39 is 5.60 Å². The number of benzene rings is 2. The second kappa shape index (κ2) is 5.13. The molecule has 0 heterocycles. The second-order valence-corrected chi connectivity index (χ2v) is 4.12. The molecule has 2 nitrogen and oxygen atoms in total.